The average molecular weight is 471 g/mol. The Labute approximate surface area is 158 Å². The zero-order valence-corrected chi connectivity index (χ0v) is 17.0. The highest BCUT2D eigenvalue weighted by atomic mass is 79.9. The lowest BCUT2D eigenvalue weighted by Gasteiger charge is -2.15. The molecule has 24 heavy (non-hydrogen) atoms. The monoisotopic (exact) mass is 469 g/mol. The van der Waals surface area contributed by atoms with Gasteiger partial charge in [0.05, 0.1) is 13.9 Å². The van der Waals surface area contributed by atoms with Gasteiger partial charge in [0.2, 0.25) is 0 Å². The Balaban J connectivity index is 1.83. The van der Waals surface area contributed by atoms with Crippen molar-refractivity contribution in [1.82, 2.24) is 4.31 Å². The molecule has 0 radical (unpaired) electrons. The second kappa shape index (κ2) is 6.69. The van der Waals surface area contributed by atoms with Crippen molar-refractivity contribution in [2.24, 2.45) is 0 Å². The molecular weight excluding hydrogens is 458 g/mol. The molecule has 1 aliphatic rings. The molecule has 1 unspecified atom stereocenters. The number of hydrogen-bond donors (Lipinski definition) is 0. The smallest absolute Gasteiger partial charge is 0.223 e. The van der Waals surface area contributed by atoms with Gasteiger partial charge in [-0.3, -0.25) is 0 Å². The summed E-state index contributed by atoms with van der Waals surface area (Å²) in [6.07, 6.45) is 0.275. The van der Waals surface area contributed by atoms with E-state index in [1.807, 2.05) is 0 Å². The first-order chi connectivity index (χ1) is 11.2. The number of rotatable bonds is 4. The molecule has 1 aliphatic heterocycles. The Morgan fingerprint density at radius 1 is 1.08 bits per heavy atom. The molecule has 0 N–H and O–H groups in total. The van der Waals surface area contributed by atoms with Gasteiger partial charge in [-0.2, -0.15) is 4.31 Å². The third-order valence-corrected chi connectivity index (χ3v) is 10.2. The lowest BCUT2D eigenvalue weighted by molar-refractivity contribution is 0.478. The van der Waals surface area contributed by atoms with E-state index in [1.54, 1.807) is 6.07 Å². The number of sulfone groups is 1. The van der Waals surface area contributed by atoms with E-state index in [1.165, 1.54) is 34.6 Å². The zero-order valence-electron chi connectivity index (χ0n) is 12.2. The molecule has 0 aliphatic carbocycles. The SMILES string of the molecule is O=S(=O)(c1ccc(Cl)cc1)C1CCN(S(=O)(=O)c2ccc(Br)s2)C1. The third-order valence-electron chi connectivity index (χ3n) is 3.83. The minimum absolute atomic E-state index is 0.0389. The largest absolute Gasteiger partial charge is 0.252 e. The van der Waals surface area contributed by atoms with Crippen LogP contribution in [0.2, 0.25) is 5.02 Å². The third kappa shape index (κ3) is 3.42. The molecular formula is C14H13BrClNO4S3. The minimum atomic E-state index is -3.66. The van der Waals surface area contributed by atoms with E-state index in [0.717, 1.165) is 11.3 Å². The maximum absolute atomic E-state index is 12.7. The summed E-state index contributed by atoms with van der Waals surface area (Å²) in [5.74, 6) is 0. The maximum Gasteiger partial charge on any atom is 0.252 e. The van der Waals surface area contributed by atoms with Crippen LogP contribution in [0, 0.1) is 0 Å². The van der Waals surface area contributed by atoms with E-state index in [-0.39, 0.29) is 28.6 Å². The van der Waals surface area contributed by atoms with Crippen LogP contribution in [-0.2, 0) is 19.9 Å². The van der Waals surface area contributed by atoms with E-state index in [2.05, 4.69) is 15.9 Å². The number of thiophene rings is 1. The van der Waals surface area contributed by atoms with Crippen molar-refractivity contribution >= 4 is 58.7 Å². The summed E-state index contributed by atoms with van der Waals surface area (Å²) >= 11 is 10.1. The standard InChI is InChI=1S/C14H13BrClNO4S3/c15-13-5-6-14(22-13)24(20,21)17-8-7-12(9-17)23(18,19)11-3-1-10(16)2-4-11/h1-6,12H,7-9H2. The van der Waals surface area contributed by atoms with Crippen molar-refractivity contribution in [2.75, 3.05) is 13.1 Å². The fourth-order valence-electron chi connectivity index (χ4n) is 2.55. The van der Waals surface area contributed by atoms with Gasteiger partial charge in [0, 0.05) is 18.1 Å². The molecule has 1 aromatic heterocycles. The molecule has 10 heteroatoms. The fourth-order valence-corrected chi connectivity index (χ4v) is 8.13. The Kier molecular flexibility index (Phi) is 5.12. The summed E-state index contributed by atoms with van der Waals surface area (Å²) in [6, 6.07) is 9.11. The molecule has 1 saturated heterocycles. The summed E-state index contributed by atoms with van der Waals surface area (Å²) in [5, 5.41) is -0.301. The molecule has 2 heterocycles. The highest BCUT2D eigenvalue weighted by molar-refractivity contribution is 9.11. The summed E-state index contributed by atoms with van der Waals surface area (Å²) in [5.41, 5.74) is 0. The summed E-state index contributed by atoms with van der Waals surface area (Å²) in [7, 11) is -7.26. The van der Waals surface area contributed by atoms with Gasteiger partial charge in [-0.05, 0) is 58.7 Å². The van der Waals surface area contributed by atoms with Crippen LogP contribution in [0.5, 0.6) is 0 Å². The number of sulfonamides is 1. The maximum atomic E-state index is 12.7. The van der Waals surface area contributed by atoms with Crippen molar-refractivity contribution in [2.45, 2.75) is 20.8 Å². The van der Waals surface area contributed by atoms with Crippen molar-refractivity contribution in [3.05, 3.63) is 45.2 Å². The normalized spacial score (nSPS) is 19.7. The van der Waals surface area contributed by atoms with Crippen LogP contribution >= 0.6 is 38.9 Å². The van der Waals surface area contributed by atoms with Crippen molar-refractivity contribution in [3.63, 3.8) is 0 Å². The van der Waals surface area contributed by atoms with Crippen LogP contribution in [-0.4, -0.2) is 39.5 Å². The topological polar surface area (TPSA) is 71.5 Å². The van der Waals surface area contributed by atoms with Crippen molar-refractivity contribution in [3.8, 4) is 0 Å². The molecule has 0 saturated carbocycles. The highest BCUT2D eigenvalue weighted by Crippen LogP contribution is 2.32. The van der Waals surface area contributed by atoms with Gasteiger partial charge in [-0.1, -0.05) is 11.6 Å². The van der Waals surface area contributed by atoms with Crippen LogP contribution in [0.1, 0.15) is 6.42 Å². The van der Waals surface area contributed by atoms with Gasteiger partial charge in [0.25, 0.3) is 10.0 Å². The Morgan fingerprint density at radius 2 is 1.75 bits per heavy atom. The first-order valence-corrected chi connectivity index (χ1v) is 11.9. The minimum Gasteiger partial charge on any atom is -0.223 e. The van der Waals surface area contributed by atoms with Gasteiger partial charge in [0.1, 0.15) is 4.21 Å². The van der Waals surface area contributed by atoms with E-state index in [0.29, 0.717) is 8.81 Å². The van der Waals surface area contributed by atoms with E-state index in [4.69, 9.17) is 11.6 Å². The second-order valence-corrected chi connectivity index (χ2v) is 12.6. The molecule has 0 amide bonds. The quantitative estimate of drug-likeness (QED) is 0.686. The van der Waals surface area contributed by atoms with Crippen molar-refractivity contribution < 1.29 is 16.8 Å². The molecule has 1 fully saturated rings. The van der Waals surface area contributed by atoms with E-state index >= 15 is 0 Å². The molecule has 1 atom stereocenters. The van der Waals surface area contributed by atoms with Gasteiger partial charge in [0.15, 0.2) is 9.84 Å². The number of nitrogens with zero attached hydrogens (tertiary/aromatic N) is 1. The first-order valence-electron chi connectivity index (χ1n) is 6.96. The Bertz CT molecular complexity index is 954. The van der Waals surface area contributed by atoms with Crippen LogP contribution in [0.3, 0.4) is 0 Å². The number of hydrogen-bond acceptors (Lipinski definition) is 5. The average Bonchev–Trinajstić information content (AvgIpc) is 3.17. The predicted molar refractivity (Wildman–Crippen MR) is 97.8 cm³/mol. The predicted octanol–water partition coefficient (Wildman–Crippen LogP) is 3.40. The van der Waals surface area contributed by atoms with E-state index < -0.39 is 25.1 Å². The highest BCUT2D eigenvalue weighted by Gasteiger charge is 2.39. The van der Waals surface area contributed by atoms with Crippen molar-refractivity contribution in [1.29, 1.82) is 0 Å². The molecule has 3 rings (SSSR count). The van der Waals surface area contributed by atoms with E-state index in [9.17, 15) is 16.8 Å². The first kappa shape index (κ1) is 18.3. The molecule has 2 aromatic rings. The molecule has 130 valence electrons. The van der Waals surface area contributed by atoms with Gasteiger partial charge in [-0.15, -0.1) is 11.3 Å². The summed E-state index contributed by atoms with van der Waals surface area (Å²) < 4.78 is 52.7. The number of benzene rings is 1. The Hall–Kier alpha value is -0.450. The molecule has 0 bridgehead atoms. The Morgan fingerprint density at radius 3 is 2.33 bits per heavy atom. The van der Waals surface area contributed by atoms with Crippen LogP contribution in [0.25, 0.3) is 0 Å². The van der Waals surface area contributed by atoms with Gasteiger partial charge in [-0.25, -0.2) is 16.8 Å². The summed E-state index contributed by atoms with van der Waals surface area (Å²) in [6.45, 7) is 0.151. The zero-order chi connectivity index (χ0) is 17.5. The van der Waals surface area contributed by atoms with Gasteiger partial charge < -0.3 is 0 Å². The molecule has 1 aromatic carbocycles. The van der Waals surface area contributed by atoms with Gasteiger partial charge >= 0.3 is 0 Å². The second-order valence-electron chi connectivity index (χ2n) is 5.33. The fraction of sp³-hybridized carbons (Fsp3) is 0.286. The lowest BCUT2D eigenvalue weighted by Crippen LogP contribution is -2.31. The lowest BCUT2D eigenvalue weighted by atomic mass is 10.4. The number of halogens is 2. The molecule has 0 spiro atoms. The van der Waals surface area contributed by atoms with Crippen LogP contribution < -0.4 is 0 Å². The summed E-state index contributed by atoms with van der Waals surface area (Å²) in [4.78, 5) is 0.162. The van der Waals surface area contributed by atoms with Crippen LogP contribution in [0.4, 0.5) is 0 Å². The molecule has 5 nitrogen and oxygen atoms in total. The van der Waals surface area contributed by atoms with Crippen LogP contribution in [0.15, 0.2) is 49.3 Å².